The molecule has 1 aromatic heterocycles. The predicted molar refractivity (Wildman–Crippen MR) is 62.9 cm³/mol. The average Bonchev–Trinajstić information content (AvgIpc) is 2.66. The first-order valence-electron chi connectivity index (χ1n) is 5.91. The summed E-state index contributed by atoms with van der Waals surface area (Å²) in [6.07, 6.45) is 4.11. The van der Waals surface area contributed by atoms with Crippen LogP contribution in [-0.2, 0) is 13.6 Å². The standard InChI is InChI=1S/C11H22N4O/c1-4-11(5-2)15(6-7-16)9-10-8-14(3)13-12-10/h8,11,16H,4-7,9H2,1-3H3. The quantitative estimate of drug-likeness (QED) is 0.747. The van der Waals surface area contributed by atoms with Crippen LogP contribution in [0.25, 0.3) is 0 Å². The highest BCUT2D eigenvalue weighted by atomic mass is 16.3. The molecule has 0 aliphatic carbocycles. The maximum Gasteiger partial charge on any atom is 0.0967 e. The second-order valence-corrected chi connectivity index (χ2v) is 4.05. The van der Waals surface area contributed by atoms with Crippen LogP contribution in [0.3, 0.4) is 0 Å². The van der Waals surface area contributed by atoms with Gasteiger partial charge in [-0.25, -0.2) is 0 Å². The van der Waals surface area contributed by atoms with Gasteiger partial charge in [0.2, 0.25) is 0 Å². The van der Waals surface area contributed by atoms with Crippen LogP contribution in [0.1, 0.15) is 32.4 Å². The molecule has 0 aromatic carbocycles. The van der Waals surface area contributed by atoms with Gasteiger partial charge in [-0.15, -0.1) is 5.10 Å². The SMILES string of the molecule is CCC(CC)N(CCO)Cc1cn(C)nn1. The Morgan fingerprint density at radius 2 is 2.12 bits per heavy atom. The normalized spacial score (nSPS) is 11.6. The molecule has 0 fully saturated rings. The van der Waals surface area contributed by atoms with Crippen molar-refractivity contribution in [3.8, 4) is 0 Å². The van der Waals surface area contributed by atoms with Crippen LogP contribution in [0.4, 0.5) is 0 Å². The van der Waals surface area contributed by atoms with E-state index in [1.165, 1.54) is 0 Å². The molecule has 0 bridgehead atoms. The lowest BCUT2D eigenvalue weighted by atomic mass is 10.1. The zero-order chi connectivity index (χ0) is 12.0. The number of hydrogen-bond donors (Lipinski definition) is 1. The lowest BCUT2D eigenvalue weighted by molar-refractivity contribution is 0.135. The first-order chi connectivity index (χ1) is 7.71. The number of aryl methyl sites for hydroxylation is 1. The van der Waals surface area contributed by atoms with Crippen LogP contribution >= 0.6 is 0 Å². The Kier molecular flexibility index (Phi) is 5.42. The first kappa shape index (κ1) is 13.1. The van der Waals surface area contributed by atoms with Crippen LogP contribution in [0.15, 0.2) is 6.20 Å². The Labute approximate surface area is 97.1 Å². The molecule has 16 heavy (non-hydrogen) atoms. The van der Waals surface area contributed by atoms with Crippen molar-refractivity contribution in [2.45, 2.75) is 39.3 Å². The number of aliphatic hydroxyl groups is 1. The number of hydrogen-bond acceptors (Lipinski definition) is 4. The number of aliphatic hydroxyl groups excluding tert-OH is 1. The van der Waals surface area contributed by atoms with Crippen molar-refractivity contribution in [2.75, 3.05) is 13.2 Å². The Morgan fingerprint density at radius 3 is 2.56 bits per heavy atom. The van der Waals surface area contributed by atoms with E-state index < -0.39 is 0 Å². The summed E-state index contributed by atoms with van der Waals surface area (Å²) in [5.41, 5.74) is 0.961. The van der Waals surface area contributed by atoms with E-state index >= 15 is 0 Å². The monoisotopic (exact) mass is 226 g/mol. The van der Waals surface area contributed by atoms with Gasteiger partial charge < -0.3 is 5.11 Å². The summed E-state index contributed by atoms with van der Waals surface area (Å²) in [4.78, 5) is 2.27. The lowest BCUT2D eigenvalue weighted by Gasteiger charge is -2.28. The molecule has 0 amide bonds. The molecule has 0 unspecified atom stereocenters. The van der Waals surface area contributed by atoms with Gasteiger partial charge in [-0.1, -0.05) is 19.1 Å². The Hall–Kier alpha value is -0.940. The molecule has 0 saturated heterocycles. The lowest BCUT2D eigenvalue weighted by Crippen LogP contribution is -2.36. The molecule has 0 aliphatic rings. The molecule has 0 radical (unpaired) electrons. The van der Waals surface area contributed by atoms with E-state index in [2.05, 4.69) is 29.1 Å². The van der Waals surface area contributed by atoms with E-state index in [4.69, 9.17) is 5.11 Å². The van der Waals surface area contributed by atoms with Crippen molar-refractivity contribution >= 4 is 0 Å². The third kappa shape index (κ3) is 3.57. The fourth-order valence-corrected chi connectivity index (χ4v) is 2.00. The molecule has 1 N–H and O–H groups in total. The molecular formula is C11H22N4O. The highest BCUT2D eigenvalue weighted by Crippen LogP contribution is 2.11. The molecule has 5 nitrogen and oxygen atoms in total. The highest BCUT2D eigenvalue weighted by molar-refractivity contribution is 4.92. The van der Waals surface area contributed by atoms with E-state index in [0.717, 1.165) is 25.1 Å². The predicted octanol–water partition coefficient (Wildman–Crippen LogP) is 0.798. The van der Waals surface area contributed by atoms with E-state index in [0.29, 0.717) is 12.6 Å². The Bertz CT molecular complexity index is 296. The topological polar surface area (TPSA) is 54.2 Å². The summed E-state index contributed by atoms with van der Waals surface area (Å²) in [5, 5.41) is 17.1. The average molecular weight is 226 g/mol. The molecule has 1 heterocycles. The van der Waals surface area contributed by atoms with Crippen molar-refractivity contribution in [1.82, 2.24) is 19.9 Å². The summed E-state index contributed by atoms with van der Waals surface area (Å²) in [5.74, 6) is 0. The summed E-state index contributed by atoms with van der Waals surface area (Å²) < 4.78 is 1.71. The van der Waals surface area contributed by atoms with Gasteiger partial charge in [0, 0.05) is 32.4 Å². The largest absolute Gasteiger partial charge is 0.395 e. The van der Waals surface area contributed by atoms with Crippen LogP contribution in [0.5, 0.6) is 0 Å². The highest BCUT2D eigenvalue weighted by Gasteiger charge is 2.16. The van der Waals surface area contributed by atoms with Gasteiger partial charge in [-0.05, 0) is 12.8 Å². The summed E-state index contributed by atoms with van der Waals surface area (Å²) in [7, 11) is 1.87. The van der Waals surface area contributed by atoms with Gasteiger partial charge in [0.15, 0.2) is 0 Å². The number of aromatic nitrogens is 3. The summed E-state index contributed by atoms with van der Waals surface area (Å²) >= 11 is 0. The van der Waals surface area contributed by atoms with E-state index in [-0.39, 0.29) is 6.61 Å². The molecule has 0 aliphatic heterocycles. The molecular weight excluding hydrogens is 204 g/mol. The maximum atomic E-state index is 9.08. The smallest absolute Gasteiger partial charge is 0.0967 e. The van der Waals surface area contributed by atoms with Crippen molar-refractivity contribution < 1.29 is 5.11 Å². The van der Waals surface area contributed by atoms with Gasteiger partial charge >= 0.3 is 0 Å². The number of nitrogens with zero attached hydrogens (tertiary/aromatic N) is 4. The van der Waals surface area contributed by atoms with E-state index in [9.17, 15) is 0 Å². The molecule has 0 spiro atoms. The van der Waals surface area contributed by atoms with Gasteiger partial charge in [-0.3, -0.25) is 9.58 Å². The maximum absolute atomic E-state index is 9.08. The second-order valence-electron chi connectivity index (χ2n) is 4.05. The molecule has 5 heteroatoms. The van der Waals surface area contributed by atoms with Gasteiger partial charge in [0.1, 0.15) is 0 Å². The molecule has 1 rings (SSSR count). The second kappa shape index (κ2) is 6.60. The van der Waals surface area contributed by atoms with Crippen LogP contribution in [0, 0.1) is 0 Å². The Balaban J connectivity index is 2.63. The summed E-state index contributed by atoms with van der Waals surface area (Å²) in [6.45, 7) is 6.00. The van der Waals surface area contributed by atoms with Crippen molar-refractivity contribution in [1.29, 1.82) is 0 Å². The molecule has 92 valence electrons. The zero-order valence-electron chi connectivity index (χ0n) is 10.4. The number of rotatable bonds is 7. The third-order valence-corrected chi connectivity index (χ3v) is 2.86. The van der Waals surface area contributed by atoms with Crippen LogP contribution < -0.4 is 0 Å². The van der Waals surface area contributed by atoms with Crippen molar-refractivity contribution in [3.05, 3.63) is 11.9 Å². The zero-order valence-corrected chi connectivity index (χ0v) is 10.4. The third-order valence-electron chi connectivity index (χ3n) is 2.86. The first-order valence-corrected chi connectivity index (χ1v) is 5.91. The molecule has 1 aromatic rings. The van der Waals surface area contributed by atoms with Crippen LogP contribution in [0.2, 0.25) is 0 Å². The molecule has 0 atom stereocenters. The summed E-state index contributed by atoms with van der Waals surface area (Å²) in [6, 6.07) is 0.508. The van der Waals surface area contributed by atoms with E-state index in [1.54, 1.807) is 4.68 Å². The fraction of sp³-hybridized carbons (Fsp3) is 0.818. The van der Waals surface area contributed by atoms with Crippen molar-refractivity contribution in [2.24, 2.45) is 7.05 Å². The van der Waals surface area contributed by atoms with Gasteiger partial charge in [-0.2, -0.15) is 0 Å². The fourth-order valence-electron chi connectivity index (χ4n) is 2.00. The molecule has 0 saturated carbocycles. The van der Waals surface area contributed by atoms with Gasteiger partial charge in [0.05, 0.1) is 12.3 Å². The van der Waals surface area contributed by atoms with Gasteiger partial charge in [0.25, 0.3) is 0 Å². The minimum absolute atomic E-state index is 0.191. The van der Waals surface area contributed by atoms with Crippen molar-refractivity contribution in [3.63, 3.8) is 0 Å². The minimum atomic E-state index is 0.191. The Morgan fingerprint density at radius 1 is 1.44 bits per heavy atom. The van der Waals surface area contributed by atoms with Crippen LogP contribution in [-0.4, -0.2) is 44.2 Å². The minimum Gasteiger partial charge on any atom is -0.395 e. The van der Waals surface area contributed by atoms with E-state index in [1.807, 2.05) is 13.2 Å².